The molecule has 1 saturated heterocycles. The fraction of sp³-hybridized carbons (Fsp3) is 0.208. The lowest BCUT2D eigenvalue weighted by molar-refractivity contribution is 0.102. The maximum absolute atomic E-state index is 12.7. The number of rotatable bonds is 6. The molecule has 1 unspecified atom stereocenters. The molecule has 0 saturated carbocycles. The molecule has 0 bridgehead atoms. The molecule has 33 heavy (non-hydrogen) atoms. The number of hydrogen-bond acceptors (Lipinski definition) is 5. The van der Waals surface area contributed by atoms with E-state index in [2.05, 4.69) is 20.9 Å². The average molecular weight is 465 g/mol. The van der Waals surface area contributed by atoms with Crippen LogP contribution < -0.4 is 16.0 Å². The lowest BCUT2D eigenvalue weighted by atomic mass is 10.1. The van der Waals surface area contributed by atoms with Crippen molar-refractivity contribution in [1.29, 1.82) is 0 Å². The minimum atomic E-state index is -3.08. The van der Waals surface area contributed by atoms with E-state index in [1.54, 1.807) is 36.7 Å². The molecule has 170 valence electrons. The monoisotopic (exact) mass is 464 g/mol. The Hall–Kier alpha value is -3.72. The van der Waals surface area contributed by atoms with E-state index < -0.39 is 21.9 Å². The SMILES string of the molecule is O=C(Nc1cccc(C(=O)Nc2ccc(Cc3ccncc3)cc2)c1)NC1CCS(=O)(=O)C1. The van der Waals surface area contributed by atoms with Crippen molar-refractivity contribution in [2.75, 3.05) is 22.1 Å². The van der Waals surface area contributed by atoms with Crippen LogP contribution in [-0.4, -0.2) is 42.9 Å². The van der Waals surface area contributed by atoms with Crippen molar-refractivity contribution in [2.45, 2.75) is 18.9 Å². The molecule has 9 heteroatoms. The summed E-state index contributed by atoms with van der Waals surface area (Å²) in [6, 6.07) is 17.2. The fourth-order valence-electron chi connectivity index (χ4n) is 3.65. The Bertz CT molecular complexity index is 1240. The number of amides is 3. The van der Waals surface area contributed by atoms with Gasteiger partial charge in [-0.05, 0) is 66.4 Å². The molecule has 4 rings (SSSR count). The summed E-state index contributed by atoms with van der Waals surface area (Å²) in [5.74, 6) is -0.273. The molecule has 1 fully saturated rings. The Morgan fingerprint density at radius 1 is 0.909 bits per heavy atom. The molecule has 3 N–H and O–H groups in total. The molecule has 1 aliphatic rings. The Morgan fingerprint density at radius 3 is 2.33 bits per heavy atom. The highest BCUT2D eigenvalue weighted by Gasteiger charge is 2.28. The number of carbonyl (C=O) groups excluding carboxylic acids is 2. The zero-order valence-corrected chi connectivity index (χ0v) is 18.6. The highest BCUT2D eigenvalue weighted by Crippen LogP contribution is 2.17. The molecule has 3 amide bonds. The molecule has 0 spiro atoms. The number of carbonyl (C=O) groups is 2. The van der Waals surface area contributed by atoms with E-state index in [0.29, 0.717) is 23.4 Å². The van der Waals surface area contributed by atoms with Crippen molar-refractivity contribution < 1.29 is 18.0 Å². The third kappa shape index (κ3) is 6.39. The standard InChI is InChI=1S/C24H24N4O4S/c29-23(26-20-6-4-17(5-7-20)14-18-8-11-25-12-9-18)19-2-1-3-21(15-19)27-24(30)28-22-10-13-33(31,32)16-22/h1-9,11-12,15,22H,10,13-14,16H2,(H,26,29)(H2,27,28,30). The second kappa shape index (κ2) is 9.83. The van der Waals surface area contributed by atoms with Crippen LogP contribution in [0.1, 0.15) is 27.9 Å². The van der Waals surface area contributed by atoms with Crippen LogP contribution in [0.25, 0.3) is 0 Å². The van der Waals surface area contributed by atoms with Gasteiger partial charge >= 0.3 is 6.03 Å². The van der Waals surface area contributed by atoms with Gasteiger partial charge in [0.25, 0.3) is 5.91 Å². The summed E-state index contributed by atoms with van der Waals surface area (Å²) in [7, 11) is -3.08. The molecular formula is C24H24N4O4S. The molecule has 1 aliphatic heterocycles. The second-order valence-electron chi connectivity index (χ2n) is 7.96. The van der Waals surface area contributed by atoms with Gasteiger partial charge in [0.05, 0.1) is 11.5 Å². The molecule has 1 aromatic heterocycles. The summed E-state index contributed by atoms with van der Waals surface area (Å²) in [5.41, 5.74) is 3.76. The number of sulfone groups is 1. The third-order valence-electron chi connectivity index (χ3n) is 5.32. The lowest BCUT2D eigenvalue weighted by Gasteiger charge is -2.13. The Labute approximate surface area is 192 Å². The van der Waals surface area contributed by atoms with Crippen molar-refractivity contribution in [3.05, 3.63) is 89.7 Å². The van der Waals surface area contributed by atoms with Crippen LogP contribution in [0, 0.1) is 0 Å². The first-order valence-corrected chi connectivity index (χ1v) is 12.4. The minimum Gasteiger partial charge on any atom is -0.334 e. The largest absolute Gasteiger partial charge is 0.334 e. The van der Waals surface area contributed by atoms with Crippen LogP contribution in [0.3, 0.4) is 0 Å². The first-order valence-electron chi connectivity index (χ1n) is 10.5. The highest BCUT2D eigenvalue weighted by molar-refractivity contribution is 7.91. The fourth-order valence-corrected chi connectivity index (χ4v) is 5.32. The summed E-state index contributed by atoms with van der Waals surface area (Å²) >= 11 is 0. The van der Waals surface area contributed by atoms with E-state index in [0.717, 1.165) is 17.5 Å². The first-order chi connectivity index (χ1) is 15.9. The first kappa shape index (κ1) is 22.5. The summed E-state index contributed by atoms with van der Waals surface area (Å²) in [6.07, 6.45) is 4.70. The van der Waals surface area contributed by atoms with Crippen molar-refractivity contribution >= 4 is 33.2 Å². The number of aromatic nitrogens is 1. The van der Waals surface area contributed by atoms with Crippen molar-refractivity contribution in [3.8, 4) is 0 Å². The molecular weight excluding hydrogens is 440 g/mol. The van der Waals surface area contributed by atoms with Crippen molar-refractivity contribution in [2.24, 2.45) is 0 Å². The van der Waals surface area contributed by atoms with Gasteiger partial charge < -0.3 is 16.0 Å². The summed E-state index contributed by atoms with van der Waals surface area (Å²) in [6.45, 7) is 0. The van der Waals surface area contributed by atoms with E-state index in [4.69, 9.17) is 0 Å². The third-order valence-corrected chi connectivity index (χ3v) is 7.09. The van der Waals surface area contributed by atoms with Gasteiger partial charge in [0.2, 0.25) is 0 Å². The number of urea groups is 1. The van der Waals surface area contributed by atoms with Crippen molar-refractivity contribution in [3.63, 3.8) is 0 Å². The number of hydrogen-bond donors (Lipinski definition) is 3. The van der Waals surface area contributed by atoms with Crippen LogP contribution in [-0.2, 0) is 16.3 Å². The van der Waals surface area contributed by atoms with Gasteiger partial charge in [-0.3, -0.25) is 9.78 Å². The summed E-state index contributed by atoms with van der Waals surface area (Å²) in [4.78, 5) is 28.9. The van der Waals surface area contributed by atoms with E-state index in [-0.39, 0.29) is 17.4 Å². The highest BCUT2D eigenvalue weighted by atomic mass is 32.2. The number of nitrogens with one attached hydrogen (secondary N) is 3. The molecule has 0 aliphatic carbocycles. The van der Waals surface area contributed by atoms with Crippen molar-refractivity contribution in [1.82, 2.24) is 10.3 Å². The van der Waals surface area contributed by atoms with Gasteiger partial charge in [0.15, 0.2) is 9.84 Å². The van der Waals surface area contributed by atoms with Crippen LogP contribution in [0.4, 0.5) is 16.2 Å². The summed E-state index contributed by atoms with van der Waals surface area (Å²) < 4.78 is 23.1. The van der Waals surface area contributed by atoms with Gasteiger partial charge in [-0.15, -0.1) is 0 Å². The van der Waals surface area contributed by atoms with E-state index in [1.807, 2.05) is 36.4 Å². The Kier molecular flexibility index (Phi) is 6.69. The van der Waals surface area contributed by atoms with Gasteiger partial charge in [0.1, 0.15) is 0 Å². The topological polar surface area (TPSA) is 117 Å². The Morgan fingerprint density at radius 2 is 1.64 bits per heavy atom. The van der Waals surface area contributed by atoms with Crippen LogP contribution in [0.5, 0.6) is 0 Å². The van der Waals surface area contributed by atoms with Crippen LogP contribution in [0.2, 0.25) is 0 Å². The zero-order valence-electron chi connectivity index (χ0n) is 17.8. The lowest BCUT2D eigenvalue weighted by Crippen LogP contribution is -2.38. The smallest absolute Gasteiger partial charge is 0.319 e. The molecule has 2 heterocycles. The maximum atomic E-state index is 12.7. The van der Waals surface area contributed by atoms with Gasteiger partial charge in [-0.25, -0.2) is 13.2 Å². The molecule has 3 aromatic rings. The van der Waals surface area contributed by atoms with Crippen LogP contribution >= 0.6 is 0 Å². The average Bonchev–Trinajstić information content (AvgIpc) is 3.13. The van der Waals surface area contributed by atoms with Crippen LogP contribution in [0.15, 0.2) is 73.1 Å². The van der Waals surface area contributed by atoms with E-state index >= 15 is 0 Å². The van der Waals surface area contributed by atoms with Gasteiger partial charge in [0, 0.05) is 35.4 Å². The molecule has 2 aromatic carbocycles. The predicted molar refractivity (Wildman–Crippen MR) is 127 cm³/mol. The van der Waals surface area contributed by atoms with Gasteiger partial charge in [-0.1, -0.05) is 18.2 Å². The van der Waals surface area contributed by atoms with Gasteiger partial charge in [-0.2, -0.15) is 0 Å². The number of anilines is 2. The predicted octanol–water partition coefficient (Wildman–Crippen LogP) is 3.23. The number of nitrogens with zero attached hydrogens (tertiary/aromatic N) is 1. The van der Waals surface area contributed by atoms with E-state index in [9.17, 15) is 18.0 Å². The number of benzene rings is 2. The normalized spacial score (nSPS) is 16.7. The van der Waals surface area contributed by atoms with E-state index in [1.165, 1.54) is 0 Å². The number of pyridine rings is 1. The molecule has 0 radical (unpaired) electrons. The second-order valence-corrected chi connectivity index (χ2v) is 10.2. The summed E-state index contributed by atoms with van der Waals surface area (Å²) in [5, 5.41) is 8.17. The Balaban J connectivity index is 1.33. The maximum Gasteiger partial charge on any atom is 0.319 e. The molecule has 1 atom stereocenters. The zero-order chi connectivity index (χ0) is 23.3. The quantitative estimate of drug-likeness (QED) is 0.518. The minimum absolute atomic E-state index is 0.0514. The molecule has 8 nitrogen and oxygen atoms in total.